The van der Waals surface area contributed by atoms with Crippen molar-refractivity contribution in [2.75, 3.05) is 18.4 Å². The molecule has 5 nitrogen and oxygen atoms in total. The number of amides is 2. The van der Waals surface area contributed by atoms with Gasteiger partial charge in [-0.2, -0.15) is 4.37 Å². The Balaban J connectivity index is 1.63. The van der Waals surface area contributed by atoms with Gasteiger partial charge in [-0.15, -0.1) is 0 Å². The van der Waals surface area contributed by atoms with Crippen LogP contribution in [0.15, 0.2) is 35.4 Å². The molecule has 1 aliphatic rings. The summed E-state index contributed by atoms with van der Waals surface area (Å²) < 4.78 is 43.2. The van der Waals surface area contributed by atoms with Crippen molar-refractivity contribution in [2.24, 2.45) is 5.92 Å². The van der Waals surface area contributed by atoms with E-state index in [1.54, 1.807) is 17.2 Å². The lowest BCUT2D eigenvalue weighted by Crippen LogP contribution is -2.47. The van der Waals surface area contributed by atoms with Crippen molar-refractivity contribution in [1.82, 2.24) is 9.27 Å². The van der Waals surface area contributed by atoms with E-state index in [1.165, 1.54) is 11.5 Å². The fourth-order valence-electron chi connectivity index (χ4n) is 3.33. The van der Waals surface area contributed by atoms with Crippen molar-refractivity contribution in [1.29, 1.82) is 0 Å². The molecule has 1 aromatic carbocycles. The first-order valence-electron chi connectivity index (χ1n) is 8.62. The van der Waals surface area contributed by atoms with E-state index in [0.29, 0.717) is 30.9 Å². The summed E-state index contributed by atoms with van der Waals surface area (Å²) in [7, 11) is -1.57. The minimum absolute atomic E-state index is 0.0668. The second kappa shape index (κ2) is 8.02. The third-order valence-electron chi connectivity index (χ3n) is 4.96. The Kier molecular flexibility index (Phi) is 5.90. The molecule has 146 valence electrons. The van der Waals surface area contributed by atoms with Crippen LogP contribution in [0.4, 0.5) is 18.6 Å². The Hall–Kier alpha value is -1.87. The topological polar surface area (TPSA) is 62.3 Å². The Morgan fingerprint density at radius 1 is 1.26 bits per heavy atom. The third-order valence-corrected chi connectivity index (χ3v) is 7.58. The molecular weight excluding hydrogens is 392 g/mol. The van der Waals surface area contributed by atoms with Crippen molar-refractivity contribution < 1.29 is 17.8 Å². The largest absolute Gasteiger partial charge is 0.324 e. The van der Waals surface area contributed by atoms with Crippen molar-refractivity contribution >= 4 is 33.4 Å². The van der Waals surface area contributed by atoms with E-state index in [4.69, 9.17) is 0 Å². The van der Waals surface area contributed by atoms with Gasteiger partial charge in [-0.25, -0.2) is 13.6 Å². The fraction of sp³-hybridized carbons (Fsp3) is 0.444. The van der Waals surface area contributed by atoms with Crippen LogP contribution in [0.1, 0.15) is 26.7 Å². The van der Waals surface area contributed by atoms with Gasteiger partial charge in [0.15, 0.2) is 0 Å². The molecule has 9 heteroatoms. The molecule has 1 aromatic heterocycles. The molecule has 0 aliphatic carbocycles. The summed E-state index contributed by atoms with van der Waals surface area (Å²) in [6.07, 6.45) is 2.97. The molecule has 1 unspecified atom stereocenters. The molecule has 1 aliphatic heterocycles. The van der Waals surface area contributed by atoms with Gasteiger partial charge in [-0.05, 0) is 62.3 Å². The van der Waals surface area contributed by atoms with Gasteiger partial charge < -0.3 is 4.90 Å². The SMILES string of the molecule is CC(C)(C1CCN(C(=O)Nc2ccns2)CC1)S(=O)c1cc(F)cc(F)c1. The lowest BCUT2D eigenvalue weighted by molar-refractivity contribution is 0.172. The molecule has 2 amide bonds. The molecule has 0 bridgehead atoms. The van der Waals surface area contributed by atoms with Crippen molar-refractivity contribution in [3.05, 3.63) is 42.1 Å². The van der Waals surface area contributed by atoms with Gasteiger partial charge in [-0.3, -0.25) is 9.53 Å². The molecular formula is C18H21F2N3O2S2. The summed E-state index contributed by atoms with van der Waals surface area (Å²) in [5.74, 6) is -1.40. The van der Waals surface area contributed by atoms with E-state index in [1.807, 2.05) is 13.8 Å². The zero-order valence-corrected chi connectivity index (χ0v) is 16.7. The van der Waals surface area contributed by atoms with Crippen LogP contribution < -0.4 is 5.32 Å². The third kappa shape index (κ3) is 4.52. The van der Waals surface area contributed by atoms with E-state index in [0.717, 1.165) is 18.2 Å². The molecule has 1 saturated heterocycles. The average Bonchev–Trinajstić information content (AvgIpc) is 3.13. The normalized spacial score (nSPS) is 17.0. The van der Waals surface area contributed by atoms with Crippen LogP contribution in [-0.2, 0) is 10.8 Å². The minimum Gasteiger partial charge on any atom is -0.324 e. The predicted octanol–water partition coefficient (Wildman–Crippen LogP) is 4.25. The van der Waals surface area contributed by atoms with Crippen LogP contribution in [0.3, 0.4) is 0 Å². The summed E-state index contributed by atoms with van der Waals surface area (Å²) >= 11 is 1.21. The smallest absolute Gasteiger partial charge is 0.322 e. The second-order valence-electron chi connectivity index (χ2n) is 7.05. The summed E-state index contributed by atoms with van der Waals surface area (Å²) in [4.78, 5) is 14.2. The molecule has 1 N–H and O–H groups in total. The average molecular weight is 414 g/mol. The van der Waals surface area contributed by atoms with Crippen LogP contribution in [-0.4, -0.2) is 37.3 Å². The number of carbonyl (C=O) groups is 1. The highest BCUT2D eigenvalue weighted by atomic mass is 32.2. The van der Waals surface area contributed by atoms with Crippen molar-refractivity contribution in [2.45, 2.75) is 36.3 Å². The second-order valence-corrected chi connectivity index (χ2v) is 9.94. The highest BCUT2D eigenvalue weighted by Gasteiger charge is 2.39. The number of nitrogens with zero attached hydrogens (tertiary/aromatic N) is 2. The highest BCUT2D eigenvalue weighted by molar-refractivity contribution is 7.86. The van der Waals surface area contributed by atoms with E-state index < -0.39 is 27.2 Å². The maximum atomic E-state index is 13.5. The Morgan fingerprint density at radius 3 is 2.44 bits per heavy atom. The van der Waals surface area contributed by atoms with E-state index in [2.05, 4.69) is 9.69 Å². The monoisotopic (exact) mass is 413 g/mol. The molecule has 2 heterocycles. The summed E-state index contributed by atoms with van der Waals surface area (Å²) in [6.45, 7) is 4.77. The molecule has 2 aromatic rings. The maximum absolute atomic E-state index is 13.5. The van der Waals surface area contributed by atoms with Gasteiger partial charge >= 0.3 is 6.03 Å². The number of likely N-dealkylation sites (tertiary alicyclic amines) is 1. The number of aromatic nitrogens is 1. The zero-order chi connectivity index (χ0) is 19.6. The molecule has 1 fully saturated rings. The van der Waals surface area contributed by atoms with E-state index in [9.17, 15) is 17.8 Å². The number of piperidine rings is 1. The standard InChI is InChI=1S/C18H21F2N3O2S2/c1-18(2,27(25)15-10-13(19)9-14(20)11-15)12-4-7-23(8-5-12)17(24)22-16-3-6-21-26-16/h3,6,9-12H,4-5,7-8H2,1-2H3,(H,22,24). The zero-order valence-electron chi connectivity index (χ0n) is 15.1. The maximum Gasteiger partial charge on any atom is 0.322 e. The van der Waals surface area contributed by atoms with Crippen LogP contribution >= 0.6 is 11.5 Å². The van der Waals surface area contributed by atoms with Gasteiger partial charge in [0.1, 0.15) is 16.6 Å². The predicted molar refractivity (Wildman–Crippen MR) is 102 cm³/mol. The lowest BCUT2D eigenvalue weighted by atomic mass is 9.86. The number of halogens is 2. The number of hydrogen-bond acceptors (Lipinski definition) is 4. The molecule has 0 saturated carbocycles. The molecule has 1 atom stereocenters. The first-order chi connectivity index (χ1) is 12.8. The summed E-state index contributed by atoms with van der Waals surface area (Å²) in [5, 5.41) is 3.50. The Labute approximate surface area is 163 Å². The van der Waals surface area contributed by atoms with Gasteiger partial charge in [0, 0.05) is 35.0 Å². The molecule has 0 radical (unpaired) electrons. The first-order valence-corrected chi connectivity index (χ1v) is 10.5. The van der Waals surface area contributed by atoms with Gasteiger partial charge in [-0.1, -0.05) is 0 Å². The first kappa shape index (κ1) is 19.9. The van der Waals surface area contributed by atoms with Gasteiger partial charge in [0.25, 0.3) is 0 Å². The minimum atomic E-state index is -1.57. The number of hydrogen-bond donors (Lipinski definition) is 1. The quantitative estimate of drug-likeness (QED) is 0.815. The van der Waals surface area contributed by atoms with Crippen LogP contribution in [0.2, 0.25) is 0 Å². The Morgan fingerprint density at radius 2 is 1.89 bits per heavy atom. The van der Waals surface area contributed by atoms with E-state index >= 15 is 0 Å². The lowest BCUT2D eigenvalue weighted by Gasteiger charge is -2.40. The summed E-state index contributed by atoms with van der Waals surface area (Å²) in [6, 6.07) is 4.58. The number of nitrogens with one attached hydrogen (secondary N) is 1. The van der Waals surface area contributed by atoms with Crippen LogP contribution in [0.5, 0.6) is 0 Å². The number of benzene rings is 1. The number of carbonyl (C=O) groups excluding carboxylic acids is 1. The molecule has 0 spiro atoms. The number of anilines is 1. The van der Waals surface area contributed by atoms with Crippen molar-refractivity contribution in [3.8, 4) is 0 Å². The van der Waals surface area contributed by atoms with Gasteiger partial charge in [0.05, 0.1) is 10.8 Å². The fourth-order valence-corrected chi connectivity index (χ4v) is 5.41. The number of rotatable bonds is 4. The van der Waals surface area contributed by atoms with Gasteiger partial charge in [0.2, 0.25) is 0 Å². The van der Waals surface area contributed by atoms with Crippen LogP contribution in [0.25, 0.3) is 0 Å². The molecule has 3 rings (SSSR count). The van der Waals surface area contributed by atoms with Crippen molar-refractivity contribution in [3.63, 3.8) is 0 Å². The Bertz CT molecular complexity index is 815. The summed E-state index contributed by atoms with van der Waals surface area (Å²) in [5.41, 5.74) is 0. The highest BCUT2D eigenvalue weighted by Crippen LogP contribution is 2.36. The van der Waals surface area contributed by atoms with E-state index in [-0.39, 0.29) is 16.8 Å². The molecule has 27 heavy (non-hydrogen) atoms. The van der Waals surface area contributed by atoms with Crippen LogP contribution in [0, 0.1) is 17.6 Å². The number of urea groups is 1.